The number of ether oxygens (including phenoxy) is 1. The minimum absolute atomic E-state index is 0.248. The van der Waals surface area contributed by atoms with E-state index in [0.29, 0.717) is 6.54 Å². The van der Waals surface area contributed by atoms with Crippen LogP contribution in [0.1, 0.15) is 0 Å². The minimum atomic E-state index is -0.610. The van der Waals surface area contributed by atoms with Crippen LogP contribution >= 0.6 is 31.9 Å². The molecule has 3 nitrogen and oxygen atoms in total. The molecule has 1 atom stereocenters. The van der Waals surface area contributed by atoms with Gasteiger partial charge in [-0.15, -0.1) is 0 Å². The van der Waals surface area contributed by atoms with Crippen LogP contribution in [0.3, 0.4) is 0 Å². The molecule has 26 heavy (non-hydrogen) atoms. The van der Waals surface area contributed by atoms with E-state index >= 15 is 0 Å². The average molecular weight is 475 g/mol. The van der Waals surface area contributed by atoms with Crippen LogP contribution in [-0.4, -0.2) is 22.4 Å². The van der Waals surface area contributed by atoms with E-state index in [2.05, 4.69) is 60.7 Å². The van der Waals surface area contributed by atoms with Crippen LogP contribution in [0.4, 0.5) is 0 Å². The van der Waals surface area contributed by atoms with Crippen molar-refractivity contribution in [1.29, 1.82) is 0 Å². The van der Waals surface area contributed by atoms with Gasteiger partial charge in [0.1, 0.15) is 18.5 Å². The van der Waals surface area contributed by atoms with Gasteiger partial charge in [-0.3, -0.25) is 0 Å². The molecule has 0 aliphatic carbocycles. The number of hydrogen-bond acceptors (Lipinski definition) is 2. The Kier molecular flexibility index (Phi) is 5.02. The molecule has 1 heterocycles. The summed E-state index contributed by atoms with van der Waals surface area (Å²) in [5.41, 5.74) is 2.19. The van der Waals surface area contributed by atoms with E-state index in [4.69, 9.17) is 4.74 Å². The Morgan fingerprint density at radius 1 is 0.846 bits per heavy atom. The summed E-state index contributed by atoms with van der Waals surface area (Å²) in [7, 11) is 0. The van der Waals surface area contributed by atoms with Gasteiger partial charge in [0.05, 0.1) is 6.54 Å². The molecular formula is C21H17Br2NO2. The molecule has 1 N–H and O–H groups in total. The number of fused-ring (bicyclic) bond motifs is 3. The van der Waals surface area contributed by atoms with E-state index in [9.17, 15) is 5.11 Å². The average Bonchev–Trinajstić information content (AvgIpc) is 2.93. The number of para-hydroxylation sites is 1. The molecule has 0 fully saturated rings. The summed E-state index contributed by atoms with van der Waals surface area (Å²) >= 11 is 7.11. The van der Waals surface area contributed by atoms with E-state index in [-0.39, 0.29) is 6.61 Å². The van der Waals surface area contributed by atoms with Gasteiger partial charge in [0.25, 0.3) is 0 Å². The second-order valence-corrected chi connectivity index (χ2v) is 8.04. The van der Waals surface area contributed by atoms with Crippen LogP contribution < -0.4 is 4.74 Å². The van der Waals surface area contributed by atoms with Crippen molar-refractivity contribution in [2.75, 3.05) is 6.61 Å². The topological polar surface area (TPSA) is 34.4 Å². The van der Waals surface area contributed by atoms with Crippen LogP contribution in [0.2, 0.25) is 0 Å². The van der Waals surface area contributed by atoms with Crippen molar-refractivity contribution in [2.24, 2.45) is 0 Å². The van der Waals surface area contributed by atoms with Gasteiger partial charge in [0, 0.05) is 30.8 Å². The van der Waals surface area contributed by atoms with Crippen LogP contribution in [0, 0.1) is 0 Å². The third-order valence-electron chi connectivity index (χ3n) is 4.37. The maximum atomic E-state index is 10.5. The number of halogens is 2. The molecule has 0 amide bonds. The second kappa shape index (κ2) is 7.43. The van der Waals surface area contributed by atoms with Crippen molar-refractivity contribution in [3.8, 4) is 5.75 Å². The van der Waals surface area contributed by atoms with Gasteiger partial charge in [0.2, 0.25) is 0 Å². The number of benzene rings is 3. The van der Waals surface area contributed by atoms with Gasteiger partial charge in [-0.2, -0.15) is 0 Å². The molecule has 0 bridgehead atoms. The number of nitrogens with zero attached hydrogens (tertiary/aromatic N) is 1. The molecule has 0 spiro atoms. The fraction of sp³-hybridized carbons (Fsp3) is 0.143. The summed E-state index contributed by atoms with van der Waals surface area (Å²) in [5.74, 6) is 0.765. The van der Waals surface area contributed by atoms with Crippen LogP contribution in [-0.2, 0) is 6.54 Å². The van der Waals surface area contributed by atoms with E-state index in [1.807, 2.05) is 42.5 Å². The molecule has 4 rings (SSSR count). The van der Waals surface area contributed by atoms with Crippen molar-refractivity contribution in [3.63, 3.8) is 0 Å². The summed E-state index contributed by atoms with van der Waals surface area (Å²) in [6.45, 7) is 0.717. The molecule has 0 saturated carbocycles. The molecular weight excluding hydrogens is 458 g/mol. The lowest BCUT2D eigenvalue weighted by atomic mass is 10.2. The first-order chi connectivity index (χ1) is 12.6. The molecule has 0 aliphatic heterocycles. The zero-order valence-electron chi connectivity index (χ0n) is 13.9. The highest BCUT2D eigenvalue weighted by atomic mass is 79.9. The zero-order chi connectivity index (χ0) is 18.1. The predicted octanol–water partition coefficient (Wildman–Crippen LogP) is 5.76. The highest BCUT2D eigenvalue weighted by Gasteiger charge is 2.15. The fourth-order valence-corrected chi connectivity index (χ4v) is 3.94. The molecule has 0 aliphatic rings. The maximum absolute atomic E-state index is 10.5. The quantitative estimate of drug-likeness (QED) is 0.399. The Morgan fingerprint density at radius 2 is 1.42 bits per heavy atom. The van der Waals surface area contributed by atoms with E-state index in [1.54, 1.807) is 0 Å². The monoisotopic (exact) mass is 473 g/mol. The summed E-state index contributed by atoms with van der Waals surface area (Å²) < 4.78 is 9.93. The number of aliphatic hydroxyl groups is 1. The third-order valence-corrected chi connectivity index (χ3v) is 5.35. The van der Waals surface area contributed by atoms with Crippen LogP contribution in [0.5, 0.6) is 5.75 Å². The zero-order valence-corrected chi connectivity index (χ0v) is 17.1. The van der Waals surface area contributed by atoms with Crippen LogP contribution in [0.25, 0.3) is 21.8 Å². The first-order valence-electron chi connectivity index (χ1n) is 8.35. The van der Waals surface area contributed by atoms with Crippen molar-refractivity contribution in [3.05, 3.63) is 75.7 Å². The smallest absolute Gasteiger partial charge is 0.119 e. The fourth-order valence-electron chi connectivity index (χ4n) is 3.22. The lowest BCUT2D eigenvalue weighted by Crippen LogP contribution is -2.23. The summed E-state index contributed by atoms with van der Waals surface area (Å²) in [4.78, 5) is 0. The van der Waals surface area contributed by atoms with Crippen molar-refractivity contribution in [2.45, 2.75) is 12.6 Å². The highest BCUT2D eigenvalue weighted by Crippen LogP contribution is 2.33. The molecule has 5 heteroatoms. The summed E-state index contributed by atoms with van der Waals surface area (Å²) in [6, 6.07) is 22.0. The van der Waals surface area contributed by atoms with Crippen molar-refractivity contribution >= 4 is 53.7 Å². The summed E-state index contributed by atoms with van der Waals surface area (Å²) in [6.07, 6.45) is -0.610. The number of aliphatic hydroxyl groups excluding tert-OH is 1. The SMILES string of the molecule is O[C@H](COc1ccccc1)Cn1c2ccc(Br)cc2c2cc(Br)ccc21. The standard InChI is InChI=1S/C21H17Br2NO2/c22-14-6-8-20-18(10-14)19-11-15(23)7-9-21(19)24(20)12-16(25)13-26-17-4-2-1-3-5-17/h1-11,16,25H,12-13H2/t16-/m0/s1. The third kappa shape index (κ3) is 3.52. The first-order valence-corrected chi connectivity index (χ1v) is 9.93. The largest absolute Gasteiger partial charge is 0.491 e. The Hall–Kier alpha value is -1.82. The number of aromatic nitrogens is 1. The van der Waals surface area contributed by atoms with Gasteiger partial charge in [-0.25, -0.2) is 0 Å². The molecule has 0 unspecified atom stereocenters. The predicted molar refractivity (Wildman–Crippen MR) is 113 cm³/mol. The van der Waals surface area contributed by atoms with E-state index < -0.39 is 6.10 Å². The van der Waals surface area contributed by atoms with Gasteiger partial charge >= 0.3 is 0 Å². The van der Waals surface area contributed by atoms with Crippen molar-refractivity contribution in [1.82, 2.24) is 4.57 Å². The van der Waals surface area contributed by atoms with Gasteiger partial charge < -0.3 is 14.4 Å². The Morgan fingerprint density at radius 3 is 2.00 bits per heavy atom. The summed E-state index contributed by atoms with van der Waals surface area (Å²) in [5, 5.41) is 12.9. The highest BCUT2D eigenvalue weighted by molar-refractivity contribution is 9.10. The molecule has 3 aromatic carbocycles. The normalized spacial score (nSPS) is 12.6. The number of hydrogen-bond donors (Lipinski definition) is 1. The van der Waals surface area contributed by atoms with E-state index in [0.717, 1.165) is 36.5 Å². The Bertz CT molecular complexity index is 1000. The molecule has 1 aromatic heterocycles. The van der Waals surface area contributed by atoms with E-state index in [1.165, 1.54) is 0 Å². The molecule has 0 saturated heterocycles. The van der Waals surface area contributed by atoms with Crippen molar-refractivity contribution < 1.29 is 9.84 Å². The maximum Gasteiger partial charge on any atom is 0.119 e. The van der Waals surface area contributed by atoms with Gasteiger partial charge in [-0.1, -0.05) is 50.1 Å². The Labute approximate surface area is 168 Å². The molecule has 132 valence electrons. The lowest BCUT2D eigenvalue weighted by molar-refractivity contribution is 0.0945. The second-order valence-electron chi connectivity index (χ2n) is 6.21. The Balaban J connectivity index is 1.66. The lowest BCUT2D eigenvalue weighted by Gasteiger charge is -2.15. The van der Waals surface area contributed by atoms with Crippen LogP contribution in [0.15, 0.2) is 75.7 Å². The number of rotatable bonds is 5. The first kappa shape index (κ1) is 17.6. The van der Waals surface area contributed by atoms with Gasteiger partial charge in [0.15, 0.2) is 0 Å². The molecule has 4 aromatic rings. The molecule has 0 radical (unpaired) electrons. The van der Waals surface area contributed by atoms with Gasteiger partial charge in [-0.05, 0) is 48.5 Å². The minimum Gasteiger partial charge on any atom is -0.491 e.